The number of aryl methyl sites for hydroxylation is 2. The molecule has 3 rings (SSSR count). The first-order chi connectivity index (χ1) is 11.6. The molecule has 0 spiro atoms. The molecule has 0 bridgehead atoms. The number of hydrogen-bond donors (Lipinski definition) is 2. The smallest absolute Gasteiger partial charge is 0.240 e. The van der Waals surface area contributed by atoms with Gasteiger partial charge in [0.05, 0.1) is 4.90 Å². The van der Waals surface area contributed by atoms with Crippen LogP contribution in [0.1, 0.15) is 30.2 Å². The van der Waals surface area contributed by atoms with Gasteiger partial charge in [-0.2, -0.15) is 0 Å². The van der Waals surface area contributed by atoms with Gasteiger partial charge in [0.2, 0.25) is 10.0 Å². The molecule has 0 atom stereocenters. The van der Waals surface area contributed by atoms with Crippen LogP contribution in [0, 0.1) is 0 Å². The molecule has 0 amide bonds. The summed E-state index contributed by atoms with van der Waals surface area (Å²) in [5.74, 6) is 0.942. The van der Waals surface area contributed by atoms with Crippen LogP contribution in [-0.2, 0) is 29.3 Å². The van der Waals surface area contributed by atoms with E-state index in [9.17, 15) is 8.42 Å². The molecule has 24 heavy (non-hydrogen) atoms. The van der Waals surface area contributed by atoms with Crippen LogP contribution < -0.4 is 10.0 Å². The van der Waals surface area contributed by atoms with Gasteiger partial charge in [-0.05, 0) is 48.6 Å². The van der Waals surface area contributed by atoms with Crippen molar-refractivity contribution in [2.75, 3.05) is 18.4 Å². The Balaban J connectivity index is 1.63. The van der Waals surface area contributed by atoms with Crippen LogP contribution in [0.3, 0.4) is 0 Å². The number of benzene rings is 1. The molecule has 0 saturated heterocycles. The third-order valence-electron chi connectivity index (χ3n) is 4.24. The molecule has 5 nitrogen and oxygen atoms in total. The summed E-state index contributed by atoms with van der Waals surface area (Å²) in [6.07, 6.45) is 3.57. The highest BCUT2D eigenvalue weighted by molar-refractivity contribution is 7.89. The number of hydrogen-bond acceptors (Lipinski definition) is 4. The first kappa shape index (κ1) is 16.9. The summed E-state index contributed by atoms with van der Waals surface area (Å²) < 4.78 is 27.4. The lowest BCUT2D eigenvalue weighted by Gasteiger charge is -2.17. The Labute approximate surface area is 143 Å². The molecule has 1 aromatic carbocycles. The molecular formula is C18H23N3O2S. The number of rotatable bonds is 6. The second kappa shape index (κ2) is 7.32. The van der Waals surface area contributed by atoms with Crippen LogP contribution in [0.5, 0.6) is 0 Å². The average molecular weight is 345 g/mol. The molecule has 0 unspecified atom stereocenters. The van der Waals surface area contributed by atoms with Crippen LogP contribution in [-0.4, -0.2) is 26.5 Å². The van der Waals surface area contributed by atoms with E-state index in [1.54, 1.807) is 18.2 Å². The molecule has 0 aliphatic carbocycles. The first-order valence-corrected chi connectivity index (χ1v) is 9.88. The fourth-order valence-corrected chi connectivity index (χ4v) is 3.94. The number of fused-ring (bicyclic) bond motifs is 1. The minimum absolute atomic E-state index is 0.321. The Morgan fingerprint density at radius 1 is 1.25 bits per heavy atom. The van der Waals surface area contributed by atoms with Gasteiger partial charge < -0.3 is 5.32 Å². The van der Waals surface area contributed by atoms with Crippen molar-refractivity contribution in [1.29, 1.82) is 0 Å². The Morgan fingerprint density at radius 3 is 2.96 bits per heavy atom. The zero-order chi connectivity index (χ0) is 17.0. The van der Waals surface area contributed by atoms with Gasteiger partial charge in [-0.1, -0.05) is 25.1 Å². The van der Waals surface area contributed by atoms with E-state index in [-0.39, 0.29) is 0 Å². The number of pyridine rings is 1. The Hall–Kier alpha value is -1.92. The topological polar surface area (TPSA) is 71.1 Å². The van der Waals surface area contributed by atoms with E-state index >= 15 is 0 Å². The molecule has 1 aromatic heterocycles. The van der Waals surface area contributed by atoms with Crippen molar-refractivity contribution < 1.29 is 8.42 Å². The second-order valence-corrected chi connectivity index (χ2v) is 7.76. The second-order valence-electron chi connectivity index (χ2n) is 5.99. The fraction of sp³-hybridized carbons (Fsp3) is 0.389. The quantitative estimate of drug-likeness (QED) is 0.844. The lowest BCUT2D eigenvalue weighted by molar-refractivity contribution is 0.581. The molecule has 0 saturated carbocycles. The van der Waals surface area contributed by atoms with Crippen molar-refractivity contribution in [3.63, 3.8) is 0 Å². The number of aromatic nitrogens is 1. The van der Waals surface area contributed by atoms with E-state index in [2.05, 4.69) is 21.1 Å². The third kappa shape index (κ3) is 3.94. The third-order valence-corrected chi connectivity index (χ3v) is 5.70. The molecule has 0 radical (unpaired) electrons. The summed E-state index contributed by atoms with van der Waals surface area (Å²) in [5.41, 5.74) is 3.15. The average Bonchev–Trinajstić information content (AvgIpc) is 2.61. The number of nitrogens with zero attached hydrogens (tertiary/aromatic N) is 1. The maximum absolute atomic E-state index is 12.4. The molecule has 2 heterocycles. The summed E-state index contributed by atoms with van der Waals surface area (Å²) in [7, 11) is -3.47. The van der Waals surface area contributed by atoms with Crippen LogP contribution in [0.25, 0.3) is 0 Å². The highest BCUT2D eigenvalue weighted by Gasteiger charge is 2.14. The molecule has 6 heteroatoms. The van der Waals surface area contributed by atoms with Gasteiger partial charge >= 0.3 is 0 Å². The molecular weight excluding hydrogens is 322 g/mol. The van der Waals surface area contributed by atoms with E-state index in [1.165, 1.54) is 5.56 Å². The van der Waals surface area contributed by atoms with E-state index in [1.807, 2.05) is 19.1 Å². The predicted octanol–water partition coefficient (Wildman–Crippen LogP) is 2.52. The van der Waals surface area contributed by atoms with E-state index < -0.39 is 10.0 Å². The zero-order valence-corrected chi connectivity index (χ0v) is 14.7. The van der Waals surface area contributed by atoms with Crippen molar-refractivity contribution in [1.82, 2.24) is 9.71 Å². The Bertz CT molecular complexity index is 819. The first-order valence-electron chi connectivity index (χ1n) is 8.40. The molecule has 1 aliphatic heterocycles. The minimum atomic E-state index is -3.47. The zero-order valence-electron chi connectivity index (χ0n) is 13.9. The molecule has 128 valence electrons. The van der Waals surface area contributed by atoms with E-state index in [0.29, 0.717) is 17.9 Å². The van der Waals surface area contributed by atoms with Crippen LogP contribution >= 0.6 is 0 Å². The van der Waals surface area contributed by atoms with Crippen molar-refractivity contribution in [3.8, 4) is 0 Å². The summed E-state index contributed by atoms with van der Waals surface area (Å²) in [4.78, 5) is 4.91. The van der Waals surface area contributed by atoms with Gasteiger partial charge in [0, 0.05) is 25.2 Å². The van der Waals surface area contributed by atoms with Gasteiger partial charge in [-0.25, -0.2) is 18.1 Å². The van der Waals surface area contributed by atoms with Crippen molar-refractivity contribution in [3.05, 3.63) is 53.2 Å². The number of nitrogens with one attached hydrogen (secondary N) is 2. The Kier molecular flexibility index (Phi) is 5.16. The normalized spacial score (nSPS) is 14.0. The van der Waals surface area contributed by atoms with Gasteiger partial charge in [-0.3, -0.25) is 0 Å². The van der Waals surface area contributed by atoms with Crippen LogP contribution in [0.2, 0.25) is 0 Å². The largest absolute Gasteiger partial charge is 0.370 e. The summed E-state index contributed by atoms with van der Waals surface area (Å²) >= 11 is 0. The highest BCUT2D eigenvalue weighted by Crippen LogP contribution is 2.19. The predicted molar refractivity (Wildman–Crippen MR) is 95.8 cm³/mol. The van der Waals surface area contributed by atoms with Crippen LogP contribution in [0.4, 0.5) is 5.82 Å². The molecule has 2 N–H and O–H groups in total. The number of anilines is 1. The highest BCUT2D eigenvalue weighted by atomic mass is 32.2. The lowest BCUT2D eigenvalue weighted by atomic mass is 10.1. The van der Waals surface area contributed by atoms with Crippen molar-refractivity contribution in [2.24, 2.45) is 0 Å². The number of sulfonamides is 1. The van der Waals surface area contributed by atoms with Gasteiger partial charge in [-0.15, -0.1) is 0 Å². The van der Waals surface area contributed by atoms with Crippen LogP contribution in [0.15, 0.2) is 41.3 Å². The summed E-state index contributed by atoms with van der Waals surface area (Å²) in [6, 6.07) is 11.1. The minimum Gasteiger partial charge on any atom is -0.370 e. The standard InChI is InChI=1S/C18H23N3O2S/c1-2-14-5-3-7-17(13-14)24(22,23)20-12-10-16-9-8-15-6-4-11-19-18(15)21-16/h3,5,7-9,13,20H,2,4,6,10-12H2,1H3,(H,19,21). The fourth-order valence-electron chi connectivity index (χ4n) is 2.84. The van der Waals surface area contributed by atoms with Crippen molar-refractivity contribution in [2.45, 2.75) is 37.5 Å². The molecule has 0 fully saturated rings. The molecule has 1 aliphatic rings. The summed E-state index contributed by atoms with van der Waals surface area (Å²) in [5, 5.41) is 3.30. The van der Waals surface area contributed by atoms with Gasteiger partial charge in [0.15, 0.2) is 0 Å². The maximum atomic E-state index is 12.4. The lowest BCUT2D eigenvalue weighted by Crippen LogP contribution is -2.26. The van der Waals surface area contributed by atoms with Gasteiger partial charge in [0.25, 0.3) is 0 Å². The monoisotopic (exact) mass is 345 g/mol. The summed E-state index contributed by atoms with van der Waals surface area (Å²) in [6.45, 7) is 3.29. The Morgan fingerprint density at radius 2 is 2.12 bits per heavy atom. The SMILES string of the molecule is CCc1cccc(S(=O)(=O)NCCc2ccc3c(n2)NCCC3)c1. The van der Waals surface area contributed by atoms with E-state index in [0.717, 1.165) is 42.9 Å². The van der Waals surface area contributed by atoms with Gasteiger partial charge in [0.1, 0.15) is 5.82 Å². The maximum Gasteiger partial charge on any atom is 0.240 e. The molecule has 2 aromatic rings. The van der Waals surface area contributed by atoms with Crippen molar-refractivity contribution >= 4 is 15.8 Å². The van der Waals surface area contributed by atoms with E-state index in [4.69, 9.17) is 0 Å².